The van der Waals surface area contributed by atoms with Gasteiger partial charge in [0.25, 0.3) is 0 Å². The predicted octanol–water partition coefficient (Wildman–Crippen LogP) is 1.35. The molecule has 1 aliphatic rings. The van der Waals surface area contributed by atoms with Crippen molar-refractivity contribution in [3.8, 4) is 0 Å². The molecular formula is C18H26N6O2. The van der Waals surface area contributed by atoms with Crippen LogP contribution in [-0.4, -0.2) is 56.9 Å². The van der Waals surface area contributed by atoms with Gasteiger partial charge in [-0.2, -0.15) is 0 Å². The summed E-state index contributed by atoms with van der Waals surface area (Å²) in [6, 6.07) is 3.79. The number of carbonyl (C=O) groups is 2. The summed E-state index contributed by atoms with van der Waals surface area (Å²) in [5.74, 6) is 0.150. The Morgan fingerprint density at radius 3 is 2.92 bits per heavy atom. The van der Waals surface area contributed by atoms with Crippen molar-refractivity contribution < 1.29 is 9.59 Å². The van der Waals surface area contributed by atoms with Gasteiger partial charge in [-0.3, -0.25) is 4.79 Å². The van der Waals surface area contributed by atoms with Gasteiger partial charge in [0.15, 0.2) is 0 Å². The fourth-order valence-electron chi connectivity index (χ4n) is 3.12. The third-order valence-corrected chi connectivity index (χ3v) is 4.64. The highest BCUT2D eigenvalue weighted by Gasteiger charge is 2.22. The van der Waals surface area contributed by atoms with Crippen LogP contribution in [0.5, 0.6) is 0 Å². The number of nitrogens with zero attached hydrogens (tertiary/aromatic N) is 4. The Hall–Kier alpha value is -2.77. The molecule has 3 amide bonds. The highest BCUT2D eigenvalue weighted by molar-refractivity contribution is 5.76. The summed E-state index contributed by atoms with van der Waals surface area (Å²) < 4.78 is 2.09. The molecule has 0 fully saturated rings. The predicted molar refractivity (Wildman–Crippen MR) is 97.3 cm³/mol. The Balaban J connectivity index is 1.63. The van der Waals surface area contributed by atoms with Crippen LogP contribution in [0, 0.1) is 0 Å². The maximum absolute atomic E-state index is 12.7. The van der Waals surface area contributed by atoms with E-state index in [1.54, 1.807) is 20.4 Å². The first-order chi connectivity index (χ1) is 12.5. The Morgan fingerprint density at radius 2 is 2.19 bits per heavy atom. The van der Waals surface area contributed by atoms with Crippen LogP contribution in [0.4, 0.5) is 4.79 Å². The third kappa shape index (κ3) is 4.25. The fraction of sp³-hybridized carbons (Fsp3) is 0.500. The lowest BCUT2D eigenvalue weighted by Gasteiger charge is -2.21. The molecular weight excluding hydrogens is 332 g/mol. The van der Waals surface area contributed by atoms with E-state index in [0.29, 0.717) is 25.9 Å². The van der Waals surface area contributed by atoms with Gasteiger partial charge in [-0.25, -0.2) is 9.78 Å². The van der Waals surface area contributed by atoms with E-state index in [1.807, 2.05) is 23.2 Å². The van der Waals surface area contributed by atoms with E-state index < -0.39 is 0 Å². The Bertz CT molecular complexity index is 750. The molecule has 2 N–H and O–H groups in total. The number of hydrogen-bond donors (Lipinski definition) is 2. The number of hydrogen-bond acceptors (Lipinski definition) is 3. The first kappa shape index (κ1) is 18.0. The fourth-order valence-corrected chi connectivity index (χ4v) is 3.12. The first-order valence-corrected chi connectivity index (χ1v) is 8.92. The van der Waals surface area contributed by atoms with Crippen LogP contribution < -0.4 is 5.32 Å². The molecule has 8 heteroatoms. The molecule has 2 aromatic heterocycles. The summed E-state index contributed by atoms with van der Waals surface area (Å²) in [6.07, 6.45) is 5.79. The molecule has 3 rings (SSSR count). The molecule has 3 heterocycles. The minimum Gasteiger partial charge on any atom is -0.365 e. The number of nitrogens with one attached hydrogen (secondary N) is 2. The number of fused-ring (bicyclic) bond motifs is 1. The molecule has 0 saturated heterocycles. The van der Waals surface area contributed by atoms with Gasteiger partial charge in [0, 0.05) is 45.5 Å². The largest absolute Gasteiger partial charge is 0.365 e. The zero-order valence-corrected chi connectivity index (χ0v) is 15.4. The molecule has 0 bridgehead atoms. The van der Waals surface area contributed by atoms with Gasteiger partial charge in [-0.1, -0.05) is 0 Å². The SMILES string of the molecule is CN(C)C(=O)NCc1ncn2c1CN(C(=O)CCc1ccc[nH]1)CCC2. The van der Waals surface area contributed by atoms with Crippen LogP contribution in [0.25, 0.3) is 0 Å². The minimum atomic E-state index is -0.153. The van der Waals surface area contributed by atoms with Gasteiger partial charge < -0.3 is 24.7 Å². The molecule has 0 unspecified atom stereocenters. The highest BCUT2D eigenvalue weighted by atomic mass is 16.2. The maximum Gasteiger partial charge on any atom is 0.317 e. The van der Waals surface area contributed by atoms with E-state index in [1.165, 1.54) is 4.90 Å². The number of amides is 3. The maximum atomic E-state index is 12.7. The summed E-state index contributed by atoms with van der Waals surface area (Å²) >= 11 is 0. The Morgan fingerprint density at radius 1 is 1.35 bits per heavy atom. The average molecular weight is 358 g/mol. The van der Waals surface area contributed by atoms with Crippen LogP contribution in [0.3, 0.4) is 0 Å². The third-order valence-electron chi connectivity index (χ3n) is 4.64. The number of aromatic amines is 1. The van der Waals surface area contributed by atoms with Gasteiger partial charge in [0.1, 0.15) is 0 Å². The van der Waals surface area contributed by atoms with E-state index in [4.69, 9.17) is 0 Å². The number of imidazole rings is 1. The molecule has 140 valence electrons. The van der Waals surface area contributed by atoms with E-state index in [9.17, 15) is 9.59 Å². The summed E-state index contributed by atoms with van der Waals surface area (Å²) in [5.41, 5.74) is 2.91. The van der Waals surface area contributed by atoms with Crippen molar-refractivity contribution in [2.45, 2.75) is 38.9 Å². The standard InChI is InChI=1S/C18H26N6O2/c1-22(2)18(26)20-11-15-16-12-23(9-4-10-24(16)13-21-15)17(25)7-6-14-5-3-8-19-14/h3,5,8,13,19H,4,6-7,9-12H2,1-2H3,(H,20,26). The van der Waals surface area contributed by atoms with Crippen molar-refractivity contribution in [3.63, 3.8) is 0 Å². The van der Waals surface area contributed by atoms with E-state index in [2.05, 4.69) is 19.9 Å². The van der Waals surface area contributed by atoms with Crippen molar-refractivity contribution in [3.05, 3.63) is 41.7 Å². The van der Waals surface area contributed by atoms with Crippen LogP contribution >= 0.6 is 0 Å². The second kappa shape index (κ2) is 8.07. The first-order valence-electron chi connectivity index (χ1n) is 8.92. The zero-order chi connectivity index (χ0) is 18.5. The molecule has 8 nitrogen and oxygen atoms in total. The van der Waals surface area contributed by atoms with Crippen molar-refractivity contribution in [2.75, 3.05) is 20.6 Å². The van der Waals surface area contributed by atoms with Crippen LogP contribution in [0.2, 0.25) is 0 Å². The monoisotopic (exact) mass is 358 g/mol. The van der Waals surface area contributed by atoms with Crippen molar-refractivity contribution in [1.29, 1.82) is 0 Å². The zero-order valence-electron chi connectivity index (χ0n) is 15.4. The van der Waals surface area contributed by atoms with Gasteiger partial charge >= 0.3 is 6.03 Å². The number of rotatable bonds is 5. The molecule has 1 aliphatic heterocycles. The summed E-state index contributed by atoms with van der Waals surface area (Å²) in [5, 5.41) is 2.85. The normalized spacial score (nSPS) is 13.8. The quantitative estimate of drug-likeness (QED) is 0.846. The molecule has 0 aromatic carbocycles. The summed E-state index contributed by atoms with van der Waals surface area (Å²) in [6.45, 7) is 2.49. The minimum absolute atomic E-state index is 0.150. The van der Waals surface area contributed by atoms with Crippen molar-refractivity contribution >= 4 is 11.9 Å². The molecule has 2 aromatic rings. The summed E-state index contributed by atoms with van der Waals surface area (Å²) in [4.78, 5) is 35.4. The number of aromatic nitrogens is 3. The van der Waals surface area contributed by atoms with Crippen molar-refractivity contribution in [1.82, 2.24) is 29.7 Å². The van der Waals surface area contributed by atoms with Crippen LogP contribution in [0.15, 0.2) is 24.7 Å². The van der Waals surface area contributed by atoms with E-state index >= 15 is 0 Å². The molecule has 0 aliphatic carbocycles. The molecule has 0 atom stereocenters. The average Bonchev–Trinajstić information content (AvgIpc) is 3.22. The molecule has 26 heavy (non-hydrogen) atoms. The van der Waals surface area contributed by atoms with Crippen LogP contribution in [-0.2, 0) is 30.8 Å². The van der Waals surface area contributed by atoms with Crippen LogP contribution in [0.1, 0.15) is 29.9 Å². The lowest BCUT2D eigenvalue weighted by molar-refractivity contribution is -0.131. The number of carbonyl (C=O) groups excluding carboxylic acids is 2. The number of H-pyrrole nitrogens is 1. The van der Waals surface area contributed by atoms with E-state index in [-0.39, 0.29) is 11.9 Å². The molecule has 0 spiro atoms. The second-order valence-electron chi connectivity index (χ2n) is 6.75. The number of aryl methyl sites for hydroxylation is 2. The van der Waals surface area contributed by atoms with Crippen molar-refractivity contribution in [2.24, 2.45) is 0 Å². The second-order valence-corrected chi connectivity index (χ2v) is 6.75. The lowest BCUT2D eigenvalue weighted by Crippen LogP contribution is -2.35. The molecule has 0 radical (unpaired) electrons. The smallest absolute Gasteiger partial charge is 0.317 e. The number of urea groups is 1. The van der Waals surface area contributed by atoms with E-state index in [0.717, 1.165) is 36.6 Å². The van der Waals surface area contributed by atoms with Gasteiger partial charge in [-0.05, 0) is 25.0 Å². The highest BCUT2D eigenvalue weighted by Crippen LogP contribution is 2.17. The Labute approximate surface area is 153 Å². The van der Waals surface area contributed by atoms with Gasteiger partial charge in [-0.15, -0.1) is 0 Å². The summed E-state index contributed by atoms with van der Waals surface area (Å²) in [7, 11) is 3.40. The molecule has 0 saturated carbocycles. The van der Waals surface area contributed by atoms with Gasteiger partial charge in [0.2, 0.25) is 5.91 Å². The Kier molecular flexibility index (Phi) is 5.60. The van der Waals surface area contributed by atoms with Gasteiger partial charge in [0.05, 0.1) is 30.8 Å². The topological polar surface area (TPSA) is 86.3 Å². The lowest BCUT2D eigenvalue weighted by atomic mass is 10.2.